The second-order valence-electron chi connectivity index (χ2n) is 5.88. The molecule has 0 unspecified atom stereocenters. The van der Waals surface area contributed by atoms with Crippen LogP contribution in [0.25, 0.3) is 10.8 Å². The standard InChI is InChI=1S/C21H20N2O2S/c1-2-26(24,25)23-14-5-6-17-9-11-18(12-10-17)16-21-20-8-4-3-7-19(20)13-15-22-21/h3-4,7-13,15,23H,2,14,16H2,1H3. The van der Waals surface area contributed by atoms with E-state index in [1.807, 2.05) is 48.7 Å². The summed E-state index contributed by atoms with van der Waals surface area (Å²) < 4.78 is 25.1. The number of rotatable bonds is 5. The van der Waals surface area contributed by atoms with Crippen molar-refractivity contribution in [1.29, 1.82) is 0 Å². The van der Waals surface area contributed by atoms with Crippen LogP contribution < -0.4 is 4.72 Å². The van der Waals surface area contributed by atoms with Crippen LogP contribution in [-0.4, -0.2) is 25.7 Å². The number of aromatic nitrogens is 1. The summed E-state index contributed by atoms with van der Waals surface area (Å²) >= 11 is 0. The average molecular weight is 364 g/mol. The van der Waals surface area contributed by atoms with Crippen molar-refractivity contribution in [3.8, 4) is 11.8 Å². The first-order valence-corrected chi connectivity index (χ1v) is 10.1. The van der Waals surface area contributed by atoms with Crippen molar-refractivity contribution in [2.24, 2.45) is 0 Å². The Morgan fingerprint density at radius 2 is 1.81 bits per heavy atom. The number of benzene rings is 2. The fourth-order valence-corrected chi connectivity index (χ4v) is 3.11. The van der Waals surface area contributed by atoms with Crippen molar-refractivity contribution >= 4 is 20.8 Å². The van der Waals surface area contributed by atoms with Crippen molar-refractivity contribution < 1.29 is 8.42 Å². The van der Waals surface area contributed by atoms with E-state index in [0.717, 1.165) is 23.2 Å². The van der Waals surface area contributed by atoms with Crippen molar-refractivity contribution in [1.82, 2.24) is 9.71 Å². The monoisotopic (exact) mass is 364 g/mol. The van der Waals surface area contributed by atoms with Gasteiger partial charge in [-0.2, -0.15) is 0 Å². The van der Waals surface area contributed by atoms with Crippen LogP contribution in [-0.2, 0) is 16.4 Å². The van der Waals surface area contributed by atoms with Gasteiger partial charge in [0.15, 0.2) is 0 Å². The van der Waals surface area contributed by atoms with E-state index in [2.05, 4.69) is 33.7 Å². The van der Waals surface area contributed by atoms with E-state index in [9.17, 15) is 8.42 Å². The van der Waals surface area contributed by atoms with Crippen molar-refractivity contribution in [3.05, 3.63) is 77.6 Å². The highest BCUT2D eigenvalue weighted by Crippen LogP contribution is 2.19. The highest BCUT2D eigenvalue weighted by Gasteiger charge is 2.04. The summed E-state index contributed by atoms with van der Waals surface area (Å²) in [7, 11) is -3.19. The van der Waals surface area contributed by atoms with Gasteiger partial charge in [0.1, 0.15) is 0 Å². The molecule has 0 bridgehead atoms. The Labute approximate surface area is 154 Å². The molecule has 132 valence electrons. The van der Waals surface area contributed by atoms with Gasteiger partial charge in [0, 0.05) is 23.6 Å². The topological polar surface area (TPSA) is 59.1 Å². The molecule has 0 spiro atoms. The molecule has 2 aromatic carbocycles. The Bertz CT molecular complexity index is 1060. The first kappa shape index (κ1) is 18.1. The van der Waals surface area contributed by atoms with Gasteiger partial charge < -0.3 is 0 Å². The highest BCUT2D eigenvalue weighted by atomic mass is 32.2. The van der Waals surface area contributed by atoms with Gasteiger partial charge in [-0.25, -0.2) is 13.1 Å². The van der Waals surface area contributed by atoms with E-state index in [1.165, 1.54) is 10.8 Å². The Balaban J connectivity index is 1.68. The van der Waals surface area contributed by atoms with Gasteiger partial charge >= 0.3 is 0 Å². The summed E-state index contributed by atoms with van der Waals surface area (Å²) in [6.07, 6.45) is 2.60. The molecular formula is C21H20N2O2S. The van der Waals surface area contributed by atoms with Crippen molar-refractivity contribution in [3.63, 3.8) is 0 Å². The van der Waals surface area contributed by atoms with Gasteiger partial charge in [-0.1, -0.05) is 48.2 Å². The molecule has 26 heavy (non-hydrogen) atoms. The van der Waals surface area contributed by atoms with E-state index >= 15 is 0 Å². The van der Waals surface area contributed by atoms with Crippen molar-refractivity contribution in [2.75, 3.05) is 12.3 Å². The zero-order valence-corrected chi connectivity index (χ0v) is 15.4. The van der Waals surface area contributed by atoms with Gasteiger partial charge in [-0.05, 0) is 36.1 Å². The maximum atomic E-state index is 11.3. The first-order valence-electron chi connectivity index (χ1n) is 8.45. The third-order valence-corrected chi connectivity index (χ3v) is 5.42. The number of nitrogens with zero attached hydrogens (tertiary/aromatic N) is 1. The highest BCUT2D eigenvalue weighted by molar-refractivity contribution is 7.89. The largest absolute Gasteiger partial charge is 0.260 e. The van der Waals surface area contributed by atoms with Crippen molar-refractivity contribution in [2.45, 2.75) is 13.3 Å². The first-order chi connectivity index (χ1) is 12.6. The fourth-order valence-electron chi connectivity index (χ4n) is 2.62. The van der Waals surface area contributed by atoms with E-state index < -0.39 is 10.0 Å². The van der Waals surface area contributed by atoms with Crippen LogP contribution >= 0.6 is 0 Å². The number of nitrogens with one attached hydrogen (secondary N) is 1. The van der Waals surface area contributed by atoms with Gasteiger partial charge in [-0.15, -0.1) is 0 Å². The molecule has 1 N–H and O–H groups in total. The van der Waals surface area contributed by atoms with Gasteiger partial charge in [0.25, 0.3) is 0 Å². The minimum atomic E-state index is -3.19. The minimum absolute atomic E-state index is 0.0611. The number of hydrogen-bond donors (Lipinski definition) is 1. The summed E-state index contributed by atoms with van der Waals surface area (Å²) in [6.45, 7) is 1.72. The number of hydrogen-bond acceptors (Lipinski definition) is 3. The summed E-state index contributed by atoms with van der Waals surface area (Å²) in [5.74, 6) is 5.86. The van der Waals surface area contributed by atoms with Crippen LogP contribution in [0.4, 0.5) is 0 Å². The molecule has 1 aromatic heterocycles. The molecule has 0 amide bonds. The predicted octanol–water partition coefficient (Wildman–Crippen LogP) is 3.12. The Hall–Kier alpha value is -2.68. The molecule has 3 rings (SSSR count). The van der Waals surface area contributed by atoms with Crippen LogP contribution in [0.1, 0.15) is 23.7 Å². The second kappa shape index (κ2) is 8.13. The molecule has 5 heteroatoms. The Morgan fingerprint density at radius 1 is 1.04 bits per heavy atom. The lowest BCUT2D eigenvalue weighted by Crippen LogP contribution is -2.25. The van der Waals surface area contributed by atoms with E-state index in [-0.39, 0.29) is 12.3 Å². The van der Waals surface area contributed by atoms with E-state index in [1.54, 1.807) is 6.92 Å². The minimum Gasteiger partial charge on any atom is -0.260 e. The summed E-state index contributed by atoms with van der Waals surface area (Å²) in [4.78, 5) is 4.52. The molecule has 0 saturated carbocycles. The fraction of sp³-hybridized carbons (Fsp3) is 0.190. The molecule has 3 aromatic rings. The maximum absolute atomic E-state index is 11.3. The molecule has 4 nitrogen and oxygen atoms in total. The average Bonchev–Trinajstić information content (AvgIpc) is 2.67. The smallest absolute Gasteiger partial charge is 0.212 e. The molecule has 0 aliphatic rings. The molecule has 0 fully saturated rings. The Kier molecular flexibility index (Phi) is 5.67. The van der Waals surface area contributed by atoms with Crippen LogP contribution in [0.2, 0.25) is 0 Å². The molecule has 0 aliphatic carbocycles. The quantitative estimate of drug-likeness (QED) is 0.708. The molecule has 0 radical (unpaired) electrons. The van der Waals surface area contributed by atoms with E-state index in [0.29, 0.717) is 0 Å². The van der Waals surface area contributed by atoms with Crippen LogP contribution in [0.3, 0.4) is 0 Å². The SMILES string of the molecule is CCS(=O)(=O)NCC#Cc1ccc(Cc2nccc3ccccc23)cc1. The molecular weight excluding hydrogens is 344 g/mol. The third-order valence-electron chi connectivity index (χ3n) is 4.07. The number of fused-ring (bicyclic) bond motifs is 1. The van der Waals surface area contributed by atoms with Gasteiger partial charge in [-0.3, -0.25) is 4.98 Å². The zero-order chi connectivity index (χ0) is 18.4. The lowest BCUT2D eigenvalue weighted by atomic mass is 10.0. The third kappa shape index (κ3) is 4.69. The normalized spacial score (nSPS) is 11.1. The van der Waals surface area contributed by atoms with Gasteiger partial charge in [0.05, 0.1) is 18.0 Å². The summed E-state index contributed by atoms with van der Waals surface area (Å²) in [6, 6.07) is 18.2. The van der Waals surface area contributed by atoms with Crippen LogP contribution in [0, 0.1) is 11.8 Å². The van der Waals surface area contributed by atoms with Crippen LogP contribution in [0.5, 0.6) is 0 Å². The predicted molar refractivity (Wildman–Crippen MR) is 105 cm³/mol. The Morgan fingerprint density at radius 3 is 2.58 bits per heavy atom. The number of sulfonamides is 1. The second-order valence-corrected chi connectivity index (χ2v) is 7.97. The van der Waals surface area contributed by atoms with E-state index in [4.69, 9.17) is 0 Å². The maximum Gasteiger partial charge on any atom is 0.212 e. The summed E-state index contributed by atoms with van der Waals surface area (Å²) in [5.41, 5.74) is 3.07. The lowest BCUT2D eigenvalue weighted by molar-refractivity contribution is 0.587. The van der Waals surface area contributed by atoms with Crippen LogP contribution in [0.15, 0.2) is 60.8 Å². The molecule has 0 aliphatic heterocycles. The molecule has 0 saturated heterocycles. The summed E-state index contributed by atoms with van der Waals surface area (Å²) in [5, 5.41) is 2.36. The molecule has 0 atom stereocenters. The lowest BCUT2D eigenvalue weighted by Gasteiger charge is -2.06. The zero-order valence-electron chi connectivity index (χ0n) is 14.6. The molecule has 1 heterocycles. The number of pyridine rings is 1. The van der Waals surface area contributed by atoms with Gasteiger partial charge in [0.2, 0.25) is 10.0 Å².